The lowest BCUT2D eigenvalue weighted by Gasteiger charge is -2.36. The minimum atomic E-state index is -4.58. The second kappa shape index (κ2) is 10.1. The van der Waals surface area contributed by atoms with Crippen LogP contribution in [0.15, 0.2) is 24.4 Å². The number of urea groups is 1. The summed E-state index contributed by atoms with van der Waals surface area (Å²) in [6.45, 7) is 3.13. The molecule has 1 aromatic carbocycles. The summed E-state index contributed by atoms with van der Waals surface area (Å²) in [5, 5.41) is 12.3. The van der Waals surface area contributed by atoms with E-state index >= 15 is 0 Å². The zero-order valence-electron chi connectivity index (χ0n) is 18.0. The quantitative estimate of drug-likeness (QED) is 0.589. The monoisotopic (exact) mass is 499 g/mol. The Morgan fingerprint density at radius 3 is 2.73 bits per heavy atom. The summed E-state index contributed by atoms with van der Waals surface area (Å²) in [5.41, 5.74) is 0.895. The van der Waals surface area contributed by atoms with Crippen molar-refractivity contribution in [3.05, 3.63) is 51.3 Å². The Hall–Kier alpha value is -2.70. The smallest absolute Gasteiger partial charge is 0.368 e. The maximum Gasteiger partial charge on any atom is 0.416 e. The van der Waals surface area contributed by atoms with E-state index in [0.29, 0.717) is 24.4 Å². The standard InChI is InChI=1S/C22H22Cl2F3N5O/c1-3-17-19(11-29-18(10-28)20(17)24)32-6-4-5-15(12-32)30-21(33)31(2)16-8-13(22(25,26)27)7-14(23)9-16/h7-9,11,15H,3-6,12H2,1-2H3,(H,30,33). The van der Waals surface area contributed by atoms with Gasteiger partial charge < -0.3 is 10.2 Å². The SMILES string of the molecule is CCc1c(N2CCCC(NC(=O)N(C)c3cc(Cl)cc(C(F)(F)F)c3)C2)cnc(C#N)c1Cl. The summed E-state index contributed by atoms with van der Waals surface area (Å²) in [6.07, 6.45) is -0.862. The van der Waals surface area contributed by atoms with Gasteiger partial charge in [-0.1, -0.05) is 30.1 Å². The number of piperidine rings is 1. The molecule has 1 saturated heterocycles. The molecule has 1 aliphatic heterocycles. The fraction of sp³-hybridized carbons (Fsp3) is 0.409. The third-order valence-electron chi connectivity index (χ3n) is 5.55. The lowest BCUT2D eigenvalue weighted by Crippen LogP contribution is -2.51. The van der Waals surface area contributed by atoms with Crippen molar-refractivity contribution >= 4 is 40.6 Å². The number of anilines is 2. The Labute approximate surface area is 199 Å². The average Bonchev–Trinajstić information content (AvgIpc) is 2.77. The largest absolute Gasteiger partial charge is 0.416 e. The second-order valence-electron chi connectivity index (χ2n) is 7.74. The Morgan fingerprint density at radius 1 is 1.36 bits per heavy atom. The van der Waals surface area contributed by atoms with Gasteiger partial charge in [-0.25, -0.2) is 9.78 Å². The average molecular weight is 500 g/mol. The third-order valence-corrected chi connectivity index (χ3v) is 6.17. The molecule has 176 valence electrons. The van der Waals surface area contributed by atoms with E-state index in [1.54, 1.807) is 6.20 Å². The van der Waals surface area contributed by atoms with Crippen molar-refractivity contribution in [2.45, 2.75) is 38.4 Å². The van der Waals surface area contributed by atoms with E-state index in [4.69, 9.17) is 23.2 Å². The van der Waals surface area contributed by atoms with Gasteiger partial charge in [0.1, 0.15) is 6.07 Å². The number of carbonyl (C=O) groups is 1. The molecule has 6 nitrogen and oxygen atoms in total. The number of carbonyl (C=O) groups excluding carboxylic acids is 1. The molecule has 0 bridgehead atoms. The first-order valence-corrected chi connectivity index (χ1v) is 11.0. The van der Waals surface area contributed by atoms with Crippen molar-refractivity contribution < 1.29 is 18.0 Å². The number of hydrogen-bond donors (Lipinski definition) is 1. The minimum Gasteiger partial charge on any atom is -0.368 e. The van der Waals surface area contributed by atoms with Gasteiger partial charge in [-0.3, -0.25) is 4.90 Å². The van der Waals surface area contributed by atoms with Crippen LogP contribution in [0.1, 0.15) is 36.6 Å². The summed E-state index contributed by atoms with van der Waals surface area (Å²) in [6, 6.07) is 4.21. The summed E-state index contributed by atoms with van der Waals surface area (Å²) in [4.78, 5) is 20.1. The highest BCUT2D eigenvalue weighted by Gasteiger charge is 2.32. The zero-order valence-corrected chi connectivity index (χ0v) is 19.5. The van der Waals surface area contributed by atoms with E-state index in [0.717, 1.165) is 41.2 Å². The van der Waals surface area contributed by atoms with E-state index in [1.807, 2.05) is 13.0 Å². The number of halogens is 5. The molecule has 1 atom stereocenters. The molecule has 2 amide bonds. The van der Waals surface area contributed by atoms with E-state index in [2.05, 4.69) is 15.2 Å². The molecule has 1 aromatic heterocycles. The van der Waals surface area contributed by atoms with Crippen LogP contribution in [0.2, 0.25) is 10.0 Å². The van der Waals surface area contributed by atoms with Crippen LogP contribution in [0.5, 0.6) is 0 Å². The van der Waals surface area contributed by atoms with Crippen LogP contribution in [-0.4, -0.2) is 37.2 Å². The number of nitriles is 1. The van der Waals surface area contributed by atoms with Crippen LogP contribution in [-0.2, 0) is 12.6 Å². The highest BCUT2D eigenvalue weighted by Crippen LogP contribution is 2.34. The van der Waals surface area contributed by atoms with E-state index in [9.17, 15) is 23.2 Å². The van der Waals surface area contributed by atoms with Gasteiger partial charge in [0.25, 0.3) is 0 Å². The number of nitrogens with zero attached hydrogens (tertiary/aromatic N) is 4. The third kappa shape index (κ3) is 5.63. The Bertz CT molecular complexity index is 1090. The first-order chi connectivity index (χ1) is 15.5. The van der Waals surface area contributed by atoms with E-state index < -0.39 is 17.8 Å². The molecule has 1 N–H and O–H groups in total. The van der Waals surface area contributed by atoms with Gasteiger partial charge in [-0.05, 0) is 43.0 Å². The number of aromatic nitrogens is 1. The molecule has 33 heavy (non-hydrogen) atoms. The molecule has 11 heteroatoms. The van der Waals surface area contributed by atoms with Gasteiger partial charge in [0, 0.05) is 36.9 Å². The van der Waals surface area contributed by atoms with Crippen molar-refractivity contribution in [1.82, 2.24) is 10.3 Å². The van der Waals surface area contributed by atoms with Crippen molar-refractivity contribution in [2.75, 3.05) is 29.9 Å². The summed E-state index contributed by atoms with van der Waals surface area (Å²) < 4.78 is 39.3. The molecule has 0 aliphatic carbocycles. The van der Waals surface area contributed by atoms with Crippen LogP contribution >= 0.6 is 23.2 Å². The van der Waals surface area contributed by atoms with Crippen molar-refractivity contribution in [3.8, 4) is 6.07 Å². The molecule has 1 aliphatic rings. The number of hydrogen-bond acceptors (Lipinski definition) is 4. The van der Waals surface area contributed by atoms with Crippen LogP contribution in [0.4, 0.5) is 29.3 Å². The molecule has 2 aromatic rings. The number of pyridine rings is 1. The summed E-state index contributed by atoms with van der Waals surface area (Å²) in [7, 11) is 1.39. The number of rotatable bonds is 4. The maximum absolute atomic E-state index is 13.1. The van der Waals surface area contributed by atoms with Gasteiger partial charge in [0.2, 0.25) is 0 Å². The Balaban J connectivity index is 1.75. The predicted molar refractivity (Wildman–Crippen MR) is 122 cm³/mol. The molecule has 1 fully saturated rings. The lowest BCUT2D eigenvalue weighted by atomic mass is 10.0. The van der Waals surface area contributed by atoms with Gasteiger partial charge in [0.15, 0.2) is 5.69 Å². The fourth-order valence-electron chi connectivity index (χ4n) is 3.84. The molecule has 0 spiro atoms. The van der Waals surface area contributed by atoms with Crippen molar-refractivity contribution in [3.63, 3.8) is 0 Å². The first kappa shape index (κ1) is 24.9. The van der Waals surface area contributed by atoms with Crippen molar-refractivity contribution in [2.24, 2.45) is 0 Å². The minimum absolute atomic E-state index is 0.0383. The van der Waals surface area contributed by atoms with Gasteiger partial charge >= 0.3 is 12.2 Å². The number of amides is 2. The lowest BCUT2D eigenvalue weighted by molar-refractivity contribution is -0.137. The fourth-order valence-corrected chi connectivity index (χ4v) is 4.39. The van der Waals surface area contributed by atoms with E-state index in [1.165, 1.54) is 13.1 Å². The van der Waals surface area contributed by atoms with Crippen LogP contribution < -0.4 is 15.1 Å². The molecular weight excluding hydrogens is 478 g/mol. The number of alkyl halides is 3. The highest BCUT2D eigenvalue weighted by atomic mass is 35.5. The van der Waals surface area contributed by atoms with Gasteiger partial charge in [-0.15, -0.1) is 0 Å². The van der Waals surface area contributed by atoms with Crippen LogP contribution in [0.3, 0.4) is 0 Å². The number of benzene rings is 1. The molecule has 3 rings (SSSR count). The Morgan fingerprint density at radius 2 is 2.09 bits per heavy atom. The molecule has 2 heterocycles. The zero-order chi connectivity index (χ0) is 24.3. The Kier molecular flexibility index (Phi) is 7.60. The second-order valence-corrected chi connectivity index (χ2v) is 8.55. The summed E-state index contributed by atoms with van der Waals surface area (Å²) in [5.74, 6) is 0. The van der Waals surface area contributed by atoms with Gasteiger partial charge in [-0.2, -0.15) is 18.4 Å². The van der Waals surface area contributed by atoms with Crippen LogP contribution in [0, 0.1) is 11.3 Å². The summed E-state index contributed by atoms with van der Waals surface area (Å²) >= 11 is 12.2. The number of nitrogens with one attached hydrogen (secondary N) is 1. The molecule has 0 radical (unpaired) electrons. The van der Waals surface area contributed by atoms with E-state index in [-0.39, 0.29) is 22.4 Å². The van der Waals surface area contributed by atoms with Gasteiger partial charge in [0.05, 0.1) is 22.5 Å². The normalized spacial score (nSPS) is 16.3. The maximum atomic E-state index is 13.1. The topological polar surface area (TPSA) is 72.3 Å². The first-order valence-electron chi connectivity index (χ1n) is 10.3. The predicted octanol–water partition coefficient (Wildman–Crippen LogP) is 5.66. The molecule has 1 unspecified atom stereocenters. The van der Waals surface area contributed by atoms with Crippen LogP contribution in [0.25, 0.3) is 0 Å². The molecule has 0 saturated carbocycles. The molecular formula is C22H22Cl2F3N5O. The van der Waals surface area contributed by atoms with Crippen molar-refractivity contribution in [1.29, 1.82) is 5.26 Å². The highest BCUT2D eigenvalue weighted by molar-refractivity contribution is 6.32.